The van der Waals surface area contributed by atoms with Crippen LogP contribution in [0.2, 0.25) is 0 Å². The topological polar surface area (TPSA) is 84.1 Å². The van der Waals surface area contributed by atoms with Crippen LogP contribution in [0, 0.1) is 12.3 Å². The van der Waals surface area contributed by atoms with E-state index >= 15 is 0 Å². The zero-order chi connectivity index (χ0) is 15.3. The van der Waals surface area contributed by atoms with Crippen LogP contribution in [0.15, 0.2) is 0 Å². The molecule has 0 fully saturated rings. The molecule has 114 valence electrons. The second-order valence-corrected chi connectivity index (χ2v) is 6.44. The average molecular weight is 280 g/mol. The van der Waals surface area contributed by atoms with E-state index in [-0.39, 0.29) is 17.9 Å². The number of hydrogen-bond donors (Lipinski definition) is 3. The fraction of sp³-hybridized carbons (Fsp3) is 0.733. The third-order valence-corrected chi connectivity index (χ3v) is 3.46. The summed E-state index contributed by atoms with van der Waals surface area (Å²) in [5, 5.41) is 12.3. The molecule has 5 heteroatoms. The third-order valence-electron chi connectivity index (χ3n) is 3.46. The summed E-state index contributed by atoms with van der Waals surface area (Å²) in [5.74, 6) is 2.38. The van der Waals surface area contributed by atoms with Crippen molar-refractivity contribution in [1.29, 1.82) is 0 Å². The monoisotopic (exact) mass is 280 g/mol. The van der Waals surface area contributed by atoms with Crippen LogP contribution in [-0.4, -0.2) is 28.2 Å². The van der Waals surface area contributed by atoms with Gasteiger partial charge < -0.3 is 16.2 Å². The van der Waals surface area contributed by atoms with Crippen LogP contribution in [0.25, 0.3) is 0 Å². The average Bonchev–Trinajstić information content (AvgIpc) is 2.37. The van der Waals surface area contributed by atoms with Gasteiger partial charge in [0.1, 0.15) is 17.5 Å². The van der Waals surface area contributed by atoms with E-state index in [9.17, 15) is 0 Å². The van der Waals surface area contributed by atoms with Gasteiger partial charge in [0.05, 0.1) is 0 Å². The second-order valence-electron chi connectivity index (χ2n) is 6.44. The lowest BCUT2D eigenvalue weighted by Crippen LogP contribution is -2.24. The van der Waals surface area contributed by atoms with Crippen molar-refractivity contribution >= 4 is 11.6 Å². The van der Waals surface area contributed by atoms with Gasteiger partial charge in [0.2, 0.25) is 0 Å². The minimum Gasteiger partial charge on any atom is -0.396 e. The number of anilines is 2. The van der Waals surface area contributed by atoms with E-state index in [1.54, 1.807) is 0 Å². The highest BCUT2D eigenvalue weighted by Crippen LogP contribution is 2.25. The van der Waals surface area contributed by atoms with Gasteiger partial charge in [-0.05, 0) is 25.2 Å². The van der Waals surface area contributed by atoms with Crippen molar-refractivity contribution in [2.24, 2.45) is 5.41 Å². The lowest BCUT2D eigenvalue weighted by molar-refractivity contribution is 0.248. The summed E-state index contributed by atoms with van der Waals surface area (Å²) in [5.41, 5.74) is 6.95. The van der Waals surface area contributed by atoms with Crippen LogP contribution in [0.5, 0.6) is 0 Å². The number of nitrogens with two attached hydrogens (primary N) is 1. The molecule has 0 atom stereocenters. The Morgan fingerprint density at radius 1 is 1.30 bits per heavy atom. The number of nitrogens with zero attached hydrogens (tertiary/aromatic N) is 2. The number of aliphatic hydroxyl groups excluding tert-OH is 1. The molecule has 1 heterocycles. The van der Waals surface area contributed by atoms with Crippen molar-refractivity contribution < 1.29 is 5.11 Å². The van der Waals surface area contributed by atoms with Gasteiger partial charge in [0.15, 0.2) is 0 Å². The lowest BCUT2D eigenvalue weighted by atomic mass is 9.88. The van der Waals surface area contributed by atoms with E-state index in [4.69, 9.17) is 10.8 Å². The van der Waals surface area contributed by atoms with Gasteiger partial charge in [-0.25, -0.2) is 9.97 Å². The smallest absolute Gasteiger partial charge is 0.135 e. The fourth-order valence-corrected chi connectivity index (χ4v) is 1.95. The van der Waals surface area contributed by atoms with Gasteiger partial charge in [-0.2, -0.15) is 0 Å². The van der Waals surface area contributed by atoms with Gasteiger partial charge >= 0.3 is 0 Å². The fourth-order valence-electron chi connectivity index (χ4n) is 1.95. The maximum absolute atomic E-state index is 8.94. The van der Waals surface area contributed by atoms with Gasteiger partial charge in [0, 0.05) is 24.6 Å². The zero-order valence-corrected chi connectivity index (χ0v) is 13.3. The highest BCUT2D eigenvalue weighted by molar-refractivity contribution is 5.55. The molecule has 0 bridgehead atoms. The Bertz CT molecular complexity index is 444. The quantitative estimate of drug-likeness (QED) is 0.715. The standard InChI is InChI=1S/C15H28N4O/c1-10(2)13-18-12(16)11(3)14(19-13)17-9-15(4,5)7-6-8-20/h10,20H,6-9H2,1-5H3,(H3,16,17,18,19). The molecule has 0 aliphatic carbocycles. The first-order chi connectivity index (χ1) is 9.26. The molecule has 4 N–H and O–H groups in total. The molecule has 0 amide bonds. The number of rotatable bonds is 7. The van der Waals surface area contributed by atoms with Gasteiger partial charge in [-0.1, -0.05) is 27.7 Å². The molecule has 1 aromatic rings. The Labute approximate surface area is 122 Å². The molecule has 5 nitrogen and oxygen atoms in total. The summed E-state index contributed by atoms with van der Waals surface area (Å²) in [4.78, 5) is 8.88. The van der Waals surface area contributed by atoms with Crippen molar-refractivity contribution in [3.63, 3.8) is 0 Å². The van der Waals surface area contributed by atoms with Gasteiger partial charge in [0.25, 0.3) is 0 Å². The molecule has 1 aromatic heterocycles. The van der Waals surface area contributed by atoms with E-state index in [1.807, 2.05) is 6.92 Å². The Kier molecular flexibility index (Phi) is 5.74. The number of nitrogens with one attached hydrogen (secondary N) is 1. The summed E-state index contributed by atoms with van der Waals surface area (Å²) in [6, 6.07) is 0. The highest BCUT2D eigenvalue weighted by atomic mass is 16.2. The van der Waals surface area contributed by atoms with Crippen molar-refractivity contribution in [3.05, 3.63) is 11.4 Å². The maximum Gasteiger partial charge on any atom is 0.135 e. The van der Waals surface area contributed by atoms with Crippen LogP contribution < -0.4 is 11.1 Å². The minimum atomic E-state index is 0.104. The van der Waals surface area contributed by atoms with E-state index in [0.29, 0.717) is 5.82 Å². The summed E-state index contributed by atoms with van der Waals surface area (Å²) in [6.07, 6.45) is 1.78. The van der Waals surface area contributed by atoms with E-state index < -0.39 is 0 Å². The number of nitrogen functional groups attached to an aromatic ring is 1. The zero-order valence-electron chi connectivity index (χ0n) is 13.3. The van der Waals surface area contributed by atoms with Crippen LogP contribution in [0.3, 0.4) is 0 Å². The van der Waals surface area contributed by atoms with Crippen LogP contribution in [0.4, 0.5) is 11.6 Å². The molecule has 0 unspecified atom stereocenters. The summed E-state index contributed by atoms with van der Waals surface area (Å²) in [6.45, 7) is 11.4. The normalized spacial score (nSPS) is 11.9. The molecule has 0 radical (unpaired) electrons. The molecular weight excluding hydrogens is 252 g/mol. The Hall–Kier alpha value is -1.36. The first-order valence-corrected chi connectivity index (χ1v) is 7.25. The Morgan fingerprint density at radius 2 is 1.95 bits per heavy atom. The Morgan fingerprint density at radius 3 is 2.50 bits per heavy atom. The maximum atomic E-state index is 8.94. The molecule has 20 heavy (non-hydrogen) atoms. The molecule has 0 spiro atoms. The van der Waals surface area contributed by atoms with E-state index in [1.165, 1.54) is 0 Å². The van der Waals surface area contributed by atoms with Crippen molar-refractivity contribution in [1.82, 2.24) is 9.97 Å². The highest BCUT2D eigenvalue weighted by Gasteiger charge is 2.19. The molecule has 1 rings (SSSR count). The van der Waals surface area contributed by atoms with Gasteiger partial charge in [-0.3, -0.25) is 0 Å². The molecule has 0 aliphatic heterocycles. The molecule has 0 saturated heterocycles. The number of aromatic nitrogens is 2. The van der Waals surface area contributed by atoms with Gasteiger partial charge in [-0.15, -0.1) is 0 Å². The van der Waals surface area contributed by atoms with Crippen molar-refractivity contribution in [2.45, 2.75) is 53.4 Å². The third kappa shape index (κ3) is 4.63. The minimum absolute atomic E-state index is 0.104. The SMILES string of the molecule is Cc1c(N)nc(C(C)C)nc1NCC(C)(C)CCCO. The van der Waals surface area contributed by atoms with Crippen LogP contribution in [0.1, 0.15) is 57.8 Å². The van der Waals surface area contributed by atoms with Crippen LogP contribution in [-0.2, 0) is 0 Å². The van der Waals surface area contributed by atoms with Crippen LogP contribution >= 0.6 is 0 Å². The number of aliphatic hydroxyl groups is 1. The molecule has 0 aromatic carbocycles. The van der Waals surface area contributed by atoms with Crippen molar-refractivity contribution in [2.75, 3.05) is 24.2 Å². The Balaban J connectivity index is 2.81. The molecule has 0 saturated carbocycles. The summed E-state index contributed by atoms with van der Waals surface area (Å²) >= 11 is 0. The largest absolute Gasteiger partial charge is 0.396 e. The molecular formula is C15H28N4O. The lowest BCUT2D eigenvalue weighted by Gasteiger charge is -2.25. The first kappa shape index (κ1) is 16.7. The van der Waals surface area contributed by atoms with E-state index in [2.05, 4.69) is 43.0 Å². The predicted octanol–water partition coefficient (Wildman–Crippen LogP) is 2.70. The predicted molar refractivity (Wildman–Crippen MR) is 83.9 cm³/mol. The summed E-state index contributed by atoms with van der Waals surface area (Å²) in [7, 11) is 0. The van der Waals surface area contributed by atoms with Crippen molar-refractivity contribution in [3.8, 4) is 0 Å². The summed E-state index contributed by atoms with van der Waals surface area (Å²) < 4.78 is 0. The second kappa shape index (κ2) is 6.88. The van der Waals surface area contributed by atoms with E-state index in [0.717, 1.165) is 36.6 Å². The first-order valence-electron chi connectivity index (χ1n) is 7.25. The molecule has 0 aliphatic rings. The number of hydrogen-bond acceptors (Lipinski definition) is 5.